The molecular weight excluding hydrogens is 495 g/mol. The zero-order chi connectivity index (χ0) is 26.7. The highest BCUT2D eigenvalue weighted by molar-refractivity contribution is 5.83. The minimum absolute atomic E-state index is 0.0580. The lowest BCUT2D eigenvalue weighted by Gasteiger charge is -2.30. The van der Waals surface area contributed by atoms with E-state index in [4.69, 9.17) is 4.74 Å². The standard InChI is InChI=1S/C25H26F7NO3/c1-2-3-22(36-13-14-8-16(24(27,28)29)10-17(9-14)25(30,31)32)20(15-4-6-18(26)7-5-15)11-19-12-21(34)23(35)33-19/h4-10,19-22,34H,2-3,11-13H2,1H3,(H,33,35)/t19-,20+,21-,22-/m0/s1. The zero-order valence-corrected chi connectivity index (χ0v) is 19.3. The SMILES string of the molecule is CCC[C@H](OCc1cc(C(F)(F)F)cc(C(F)(F)F)c1)[C@H](C[C@H]1C[C@H](O)C(=O)N1)c1ccc(F)cc1. The predicted molar refractivity (Wildman–Crippen MR) is 116 cm³/mol. The van der Waals surface area contributed by atoms with Gasteiger partial charge in [-0.2, -0.15) is 26.3 Å². The molecule has 1 fully saturated rings. The molecule has 0 aromatic heterocycles. The third-order valence-electron chi connectivity index (χ3n) is 6.13. The number of amides is 1. The molecule has 0 aliphatic carbocycles. The van der Waals surface area contributed by atoms with Gasteiger partial charge in [-0.1, -0.05) is 25.5 Å². The van der Waals surface area contributed by atoms with E-state index < -0.39 is 66.0 Å². The van der Waals surface area contributed by atoms with Crippen LogP contribution in [0.1, 0.15) is 60.8 Å². The molecule has 2 aromatic rings. The number of aliphatic hydroxyl groups is 1. The third-order valence-corrected chi connectivity index (χ3v) is 6.13. The number of aliphatic hydroxyl groups excluding tert-OH is 1. The zero-order valence-electron chi connectivity index (χ0n) is 19.3. The fraction of sp³-hybridized carbons (Fsp3) is 0.480. The summed E-state index contributed by atoms with van der Waals surface area (Å²) in [6, 6.07) is 6.37. The molecule has 0 bridgehead atoms. The second-order valence-electron chi connectivity index (χ2n) is 8.90. The van der Waals surface area contributed by atoms with Gasteiger partial charge in [0.2, 0.25) is 5.91 Å². The van der Waals surface area contributed by atoms with Crippen molar-refractivity contribution in [2.45, 2.75) is 75.7 Å². The first-order valence-electron chi connectivity index (χ1n) is 11.4. The van der Waals surface area contributed by atoms with Crippen molar-refractivity contribution in [2.75, 3.05) is 0 Å². The lowest BCUT2D eigenvalue weighted by atomic mass is 9.85. The van der Waals surface area contributed by atoms with Crippen LogP contribution in [0.2, 0.25) is 0 Å². The van der Waals surface area contributed by atoms with Crippen molar-refractivity contribution in [1.29, 1.82) is 0 Å². The quantitative estimate of drug-likeness (QED) is 0.400. The number of rotatable bonds is 9. The van der Waals surface area contributed by atoms with Gasteiger partial charge in [0, 0.05) is 18.4 Å². The van der Waals surface area contributed by atoms with Gasteiger partial charge in [-0.15, -0.1) is 0 Å². The van der Waals surface area contributed by atoms with Gasteiger partial charge >= 0.3 is 12.4 Å². The molecule has 4 nitrogen and oxygen atoms in total. The van der Waals surface area contributed by atoms with Gasteiger partial charge in [-0.3, -0.25) is 4.79 Å². The number of halogens is 7. The van der Waals surface area contributed by atoms with Gasteiger partial charge in [0.25, 0.3) is 0 Å². The maximum absolute atomic E-state index is 13.5. The predicted octanol–water partition coefficient (Wildman–Crippen LogP) is 5.97. The lowest BCUT2D eigenvalue weighted by Crippen LogP contribution is -2.32. The molecule has 1 saturated heterocycles. The van der Waals surface area contributed by atoms with E-state index in [2.05, 4.69) is 5.32 Å². The van der Waals surface area contributed by atoms with Crippen molar-refractivity contribution in [3.63, 3.8) is 0 Å². The van der Waals surface area contributed by atoms with Crippen LogP contribution in [-0.4, -0.2) is 29.3 Å². The Morgan fingerprint density at radius 1 is 1.03 bits per heavy atom. The van der Waals surface area contributed by atoms with Crippen LogP contribution < -0.4 is 5.32 Å². The highest BCUT2D eigenvalue weighted by atomic mass is 19.4. The Morgan fingerprint density at radius 2 is 1.61 bits per heavy atom. The molecule has 2 aromatic carbocycles. The van der Waals surface area contributed by atoms with E-state index in [0.29, 0.717) is 30.5 Å². The van der Waals surface area contributed by atoms with Gasteiger partial charge in [-0.05, 0) is 54.3 Å². The topological polar surface area (TPSA) is 58.6 Å². The van der Waals surface area contributed by atoms with Crippen LogP contribution in [0.5, 0.6) is 0 Å². The summed E-state index contributed by atoms with van der Waals surface area (Å²) in [7, 11) is 0. The Morgan fingerprint density at radius 3 is 2.08 bits per heavy atom. The molecule has 0 radical (unpaired) electrons. The van der Waals surface area contributed by atoms with E-state index in [1.165, 1.54) is 24.3 Å². The Bertz CT molecular complexity index is 1010. The van der Waals surface area contributed by atoms with Gasteiger partial charge in [-0.25, -0.2) is 4.39 Å². The van der Waals surface area contributed by atoms with E-state index in [9.17, 15) is 40.6 Å². The minimum atomic E-state index is -4.98. The van der Waals surface area contributed by atoms with Crippen LogP contribution in [0.4, 0.5) is 30.7 Å². The number of benzene rings is 2. The first kappa shape index (κ1) is 27.9. The fourth-order valence-corrected chi connectivity index (χ4v) is 4.40. The molecule has 0 saturated carbocycles. The highest BCUT2D eigenvalue weighted by Crippen LogP contribution is 2.37. The van der Waals surface area contributed by atoms with Crippen molar-refractivity contribution in [3.05, 3.63) is 70.5 Å². The number of carbonyl (C=O) groups is 1. The van der Waals surface area contributed by atoms with Crippen molar-refractivity contribution in [2.24, 2.45) is 0 Å². The van der Waals surface area contributed by atoms with Crippen molar-refractivity contribution in [1.82, 2.24) is 5.32 Å². The average molecular weight is 521 g/mol. The first-order valence-corrected chi connectivity index (χ1v) is 11.4. The molecule has 11 heteroatoms. The molecule has 1 aliphatic rings. The largest absolute Gasteiger partial charge is 0.416 e. The van der Waals surface area contributed by atoms with Gasteiger partial charge in [0.1, 0.15) is 11.9 Å². The molecule has 2 N–H and O–H groups in total. The summed E-state index contributed by atoms with van der Waals surface area (Å²) in [5.41, 5.74) is -2.52. The van der Waals surface area contributed by atoms with E-state index in [1.54, 1.807) is 0 Å². The maximum atomic E-state index is 13.5. The average Bonchev–Trinajstić information content (AvgIpc) is 3.11. The normalized spacial score (nSPS) is 20.3. The van der Waals surface area contributed by atoms with Crippen LogP contribution in [0.15, 0.2) is 42.5 Å². The van der Waals surface area contributed by atoms with Crippen LogP contribution >= 0.6 is 0 Å². The maximum Gasteiger partial charge on any atom is 0.416 e. The molecule has 1 amide bonds. The molecule has 0 spiro atoms. The van der Waals surface area contributed by atoms with Gasteiger partial charge in [0.05, 0.1) is 23.8 Å². The number of carbonyl (C=O) groups excluding carboxylic acids is 1. The summed E-state index contributed by atoms with van der Waals surface area (Å²) in [5, 5.41) is 12.5. The van der Waals surface area contributed by atoms with Crippen molar-refractivity contribution < 1.29 is 45.4 Å². The highest BCUT2D eigenvalue weighted by Gasteiger charge is 2.38. The number of nitrogens with one attached hydrogen (secondary N) is 1. The number of alkyl halides is 6. The van der Waals surface area contributed by atoms with E-state index in [1.807, 2.05) is 6.92 Å². The third kappa shape index (κ3) is 7.19. The smallest absolute Gasteiger partial charge is 0.383 e. The van der Waals surface area contributed by atoms with E-state index >= 15 is 0 Å². The molecule has 1 aliphatic heterocycles. The summed E-state index contributed by atoms with van der Waals surface area (Å²) in [6.07, 6.45) is -10.4. The lowest BCUT2D eigenvalue weighted by molar-refractivity contribution is -0.143. The summed E-state index contributed by atoms with van der Waals surface area (Å²) in [6.45, 7) is 1.32. The molecule has 4 atom stereocenters. The Hall–Kier alpha value is -2.66. The van der Waals surface area contributed by atoms with Crippen molar-refractivity contribution in [3.8, 4) is 0 Å². The Kier molecular flexibility index (Phi) is 8.66. The first-order chi connectivity index (χ1) is 16.8. The van der Waals surface area contributed by atoms with Crippen molar-refractivity contribution >= 4 is 5.91 Å². The number of ether oxygens (including phenoxy) is 1. The summed E-state index contributed by atoms with van der Waals surface area (Å²) < 4.78 is 98.9. The number of hydrogen-bond donors (Lipinski definition) is 2. The molecule has 198 valence electrons. The second-order valence-corrected chi connectivity index (χ2v) is 8.90. The summed E-state index contributed by atoms with van der Waals surface area (Å²) in [4.78, 5) is 11.8. The van der Waals surface area contributed by atoms with Crippen LogP contribution in [0, 0.1) is 5.82 Å². The van der Waals surface area contributed by atoms with Crippen LogP contribution in [0.3, 0.4) is 0 Å². The summed E-state index contributed by atoms with van der Waals surface area (Å²) in [5.74, 6) is -1.50. The fourth-order valence-electron chi connectivity index (χ4n) is 4.40. The molecule has 3 rings (SSSR count). The minimum Gasteiger partial charge on any atom is -0.383 e. The van der Waals surface area contributed by atoms with Crippen LogP contribution in [-0.2, 0) is 28.5 Å². The molecular formula is C25H26F7NO3. The van der Waals surface area contributed by atoms with E-state index in [0.717, 1.165) is 0 Å². The Labute approximate surface area is 203 Å². The van der Waals surface area contributed by atoms with Crippen LogP contribution in [0.25, 0.3) is 0 Å². The monoisotopic (exact) mass is 521 g/mol. The molecule has 1 heterocycles. The van der Waals surface area contributed by atoms with Gasteiger partial charge < -0.3 is 15.2 Å². The number of hydrogen-bond acceptors (Lipinski definition) is 3. The van der Waals surface area contributed by atoms with E-state index in [-0.39, 0.29) is 24.5 Å². The Balaban J connectivity index is 1.89. The second kappa shape index (κ2) is 11.2. The molecule has 0 unspecified atom stereocenters. The summed E-state index contributed by atoms with van der Waals surface area (Å²) >= 11 is 0. The molecule has 36 heavy (non-hydrogen) atoms. The van der Waals surface area contributed by atoms with Gasteiger partial charge in [0.15, 0.2) is 0 Å².